The van der Waals surface area contributed by atoms with E-state index in [0.29, 0.717) is 6.04 Å². The molecule has 1 heterocycles. The minimum atomic E-state index is -0.327. The smallest absolute Gasteiger partial charge is 0.235 e. The summed E-state index contributed by atoms with van der Waals surface area (Å²) in [4.78, 5) is 13.3. The molecule has 1 saturated carbocycles. The van der Waals surface area contributed by atoms with Crippen LogP contribution < -0.4 is 10.6 Å². The average molecular weight is 403 g/mol. The molecule has 1 amide bonds. The second-order valence-corrected chi connectivity index (χ2v) is 10.7. The first kappa shape index (κ1) is 19.7. The number of benzene rings is 2. The van der Waals surface area contributed by atoms with Crippen LogP contribution in [-0.4, -0.2) is 11.9 Å². The molecule has 3 heteroatoms. The van der Waals surface area contributed by atoms with Gasteiger partial charge in [-0.2, -0.15) is 0 Å². The van der Waals surface area contributed by atoms with Crippen LogP contribution in [0, 0.1) is 5.41 Å². The molecule has 1 unspecified atom stereocenters. The minimum absolute atomic E-state index is 0.161. The van der Waals surface area contributed by atoms with Crippen molar-refractivity contribution in [2.45, 2.75) is 83.6 Å². The number of hydrogen-bond donors (Lipinski definition) is 2. The lowest BCUT2D eigenvalue weighted by Gasteiger charge is -2.27. The number of nitrogens with one attached hydrogen (secondary N) is 2. The lowest BCUT2D eigenvalue weighted by atomic mass is 9.85. The topological polar surface area (TPSA) is 41.1 Å². The number of hydrogen-bond acceptors (Lipinski definition) is 2. The Hall–Kier alpha value is -2.29. The van der Waals surface area contributed by atoms with E-state index >= 15 is 0 Å². The fourth-order valence-electron chi connectivity index (χ4n) is 5.19. The third kappa shape index (κ3) is 3.53. The average Bonchev–Trinajstić information content (AvgIpc) is 3.45. The van der Waals surface area contributed by atoms with E-state index in [0.717, 1.165) is 31.4 Å². The molecular weight excluding hydrogens is 368 g/mol. The van der Waals surface area contributed by atoms with Crippen LogP contribution in [-0.2, 0) is 29.5 Å². The Morgan fingerprint density at radius 3 is 2.47 bits per heavy atom. The first-order valence-corrected chi connectivity index (χ1v) is 11.7. The van der Waals surface area contributed by atoms with E-state index in [2.05, 4.69) is 61.7 Å². The van der Waals surface area contributed by atoms with Gasteiger partial charge in [-0.15, -0.1) is 0 Å². The molecule has 0 bridgehead atoms. The quantitative estimate of drug-likeness (QED) is 0.618. The van der Waals surface area contributed by atoms with Crippen molar-refractivity contribution < 1.29 is 4.79 Å². The molecule has 2 aliphatic carbocycles. The Morgan fingerprint density at radius 2 is 1.73 bits per heavy atom. The van der Waals surface area contributed by atoms with Crippen LogP contribution in [0.1, 0.15) is 75.1 Å². The summed E-state index contributed by atoms with van der Waals surface area (Å²) in [6.07, 6.45) is 9.15. The maximum Gasteiger partial charge on any atom is 0.235 e. The van der Waals surface area contributed by atoms with Gasteiger partial charge in [-0.1, -0.05) is 45.4 Å². The molecule has 0 radical (unpaired) electrons. The Balaban J connectivity index is 1.34. The van der Waals surface area contributed by atoms with Crippen molar-refractivity contribution in [3.63, 3.8) is 0 Å². The van der Waals surface area contributed by atoms with E-state index in [1.807, 2.05) is 6.07 Å². The largest absolute Gasteiger partial charge is 0.381 e. The number of amides is 1. The van der Waals surface area contributed by atoms with Gasteiger partial charge in [0.1, 0.15) is 0 Å². The normalized spacial score (nSPS) is 21.8. The maximum atomic E-state index is 13.3. The Kier molecular flexibility index (Phi) is 4.68. The molecule has 0 saturated heterocycles. The van der Waals surface area contributed by atoms with E-state index in [9.17, 15) is 4.79 Å². The summed E-state index contributed by atoms with van der Waals surface area (Å²) in [5.74, 6) is 0.161. The molecule has 3 aliphatic rings. The monoisotopic (exact) mass is 402 g/mol. The summed E-state index contributed by atoms with van der Waals surface area (Å²) in [7, 11) is 0. The van der Waals surface area contributed by atoms with Crippen LogP contribution in [0.25, 0.3) is 0 Å². The lowest BCUT2D eigenvalue weighted by Crippen LogP contribution is -2.31. The van der Waals surface area contributed by atoms with Gasteiger partial charge in [-0.3, -0.25) is 4.79 Å². The molecule has 1 aliphatic heterocycles. The molecule has 30 heavy (non-hydrogen) atoms. The summed E-state index contributed by atoms with van der Waals surface area (Å²) in [6.45, 7) is 6.82. The number of anilines is 2. The highest BCUT2D eigenvalue weighted by atomic mass is 16.2. The first-order valence-electron chi connectivity index (χ1n) is 11.7. The third-order valence-corrected chi connectivity index (χ3v) is 7.50. The summed E-state index contributed by atoms with van der Waals surface area (Å²) < 4.78 is 0. The second kappa shape index (κ2) is 7.14. The second-order valence-electron chi connectivity index (χ2n) is 10.7. The highest BCUT2D eigenvalue weighted by Gasteiger charge is 2.51. The minimum Gasteiger partial charge on any atom is -0.381 e. The molecular formula is C27H34N2O. The predicted octanol–water partition coefficient (Wildman–Crippen LogP) is 6.01. The van der Waals surface area contributed by atoms with Crippen LogP contribution in [0.2, 0.25) is 0 Å². The standard InChI is InChI=1S/C27H34N2O/c1-26(2,3)24-17-20-16-22(11-12-23(20)29-24)28-25(30)27(13-14-27)21-10-9-18-7-5-4-6-8-19(18)15-21/h9-12,15-16,24,29H,4-8,13-14,17H2,1-3H3,(H,28,30). The van der Waals surface area contributed by atoms with Gasteiger partial charge < -0.3 is 10.6 Å². The lowest BCUT2D eigenvalue weighted by molar-refractivity contribution is -0.118. The van der Waals surface area contributed by atoms with Gasteiger partial charge in [0.2, 0.25) is 5.91 Å². The first-order chi connectivity index (χ1) is 14.3. The summed E-state index contributed by atoms with van der Waals surface area (Å²) in [5.41, 5.74) is 7.51. The molecule has 0 aromatic heterocycles. The van der Waals surface area contributed by atoms with Gasteiger partial charge in [0.25, 0.3) is 0 Å². The molecule has 1 atom stereocenters. The molecule has 2 aromatic carbocycles. The van der Waals surface area contributed by atoms with Crippen molar-refractivity contribution in [1.29, 1.82) is 0 Å². The van der Waals surface area contributed by atoms with Gasteiger partial charge in [-0.05, 0) is 90.8 Å². The number of carbonyl (C=O) groups is 1. The number of aryl methyl sites for hydroxylation is 2. The number of fused-ring (bicyclic) bond motifs is 2. The van der Waals surface area contributed by atoms with Gasteiger partial charge >= 0.3 is 0 Å². The van der Waals surface area contributed by atoms with E-state index in [1.54, 1.807) is 0 Å². The van der Waals surface area contributed by atoms with Crippen LogP contribution >= 0.6 is 0 Å². The zero-order valence-corrected chi connectivity index (χ0v) is 18.6. The summed E-state index contributed by atoms with van der Waals surface area (Å²) in [6, 6.07) is 13.6. The maximum absolute atomic E-state index is 13.3. The fourth-order valence-corrected chi connectivity index (χ4v) is 5.19. The van der Waals surface area contributed by atoms with Gasteiger partial charge in [0, 0.05) is 17.4 Å². The molecule has 2 aromatic rings. The van der Waals surface area contributed by atoms with Crippen LogP contribution in [0.5, 0.6) is 0 Å². The SMILES string of the molecule is CC(C)(C)C1Cc2cc(NC(=O)C3(c4ccc5c(c4)CCCCC5)CC3)ccc2N1. The van der Waals surface area contributed by atoms with Crippen molar-refractivity contribution in [2.24, 2.45) is 5.41 Å². The van der Waals surface area contributed by atoms with Crippen molar-refractivity contribution in [3.8, 4) is 0 Å². The van der Waals surface area contributed by atoms with Crippen LogP contribution in [0.4, 0.5) is 11.4 Å². The Morgan fingerprint density at radius 1 is 0.967 bits per heavy atom. The van der Waals surface area contributed by atoms with E-state index in [1.165, 1.54) is 53.6 Å². The molecule has 2 N–H and O–H groups in total. The molecule has 1 fully saturated rings. The van der Waals surface area contributed by atoms with Crippen LogP contribution in [0.3, 0.4) is 0 Å². The Labute approximate surface area is 180 Å². The molecule has 158 valence electrons. The van der Waals surface area contributed by atoms with Crippen molar-refractivity contribution in [2.75, 3.05) is 10.6 Å². The van der Waals surface area contributed by atoms with Crippen molar-refractivity contribution >= 4 is 17.3 Å². The van der Waals surface area contributed by atoms with Gasteiger partial charge in [-0.25, -0.2) is 0 Å². The highest BCUT2D eigenvalue weighted by Crippen LogP contribution is 2.50. The molecule has 0 spiro atoms. The zero-order valence-electron chi connectivity index (χ0n) is 18.6. The predicted molar refractivity (Wildman–Crippen MR) is 124 cm³/mol. The summed E-state index contributed by atoms with van der Waals surface area (Å²) in [5, 5.41) is 6.90. The van der Waals surface area contributed by atoms with E-state index in [4.69, 9.17) is 0 Å². The molecule has 3 nitrogen and oxygen atoms in total. The van der Waals surface area contributed by atoms with E-state index < -0.39 is 0 Å². The van der Waals surface area contributed by atoms with E-state index in [-0.39, 0.29) is 16.7 Å². The molecule has 5 rings (SSSR count). The summed E-state index contributed by atoms with van der Waals surface area (Å²) >= 11 is 0. The van der Waals surface area contributed by atoms with Gasteiger partial charge in [0.05, 0.1) is 5.41 Å². The Bertz CT molecular complexity index is 981. The van der Waals surface area contributed by atoms with Crippen LogP contribution in [0.15, 0.2) is 36.4 Å². The highest BCUT2D eigenvalue weighted by molar-refractivity contribution is 6.01. The van der Waals surface area contributed by atoms with Gasteiger partial charge in [0.15, 0.2) is 0 Å². The van der Waals surface area contributed by atoms with Crippen molar-refractivity contribution in [1.82, 2.24) is 0 Å². The number of carbonyl (C=O) groups excluding carboxylic acids is 1. The third-order valence-electron chi connectivity index (χ3n) is 7.50. The van der Waals surface area contributed by atoms with Crippen molar-refractivity contribution in [3.05, 3.63) is 58.7 Å². The zero-order chi connectivity index (χ0) is 20.9. The number of rotatable bonds is 3. The fraction of sp³-hybridized carbons (Fsp3) is 0.519.